The number of amides is 1. The smallest absolute Gasteiger partial charge is 0.339 e. The molecule has 1 atom stereocenters. The number of fused-ring (bicyclic) bond motifs is 1. The minimum atomic E-state index is -1.75. The Bertz CT molecular complexity index is 694. The monoisotopic (exact) mass is 301 g/mol. The Morgan fingerprint density at radius 3 is 2.55 bits per heavy atom. The maximum atomic E-state index is 12.1. The van der Waals surface area contributed by atoms with Crippen LogP contribution in [0.1, 0.15) is 24.2 Å². The molecule has 0 bridgehead atoms. The number of ether oxygens (including phenoxy) is 1. The van der Waals surface area contributed by atoms with Crippen molar-refractivity contribution in [3.63, 3.8) is 0 Å². The van der Waals surface area contributed by atoms with Gasteiger partial charge in [0.2, 0.25) is 0 Å². The molecular formula is C17H19NO4. The zero-order valence-corrected chi connectivity index (χ0v) is 12.6. The Labute approximate surface area is 128 Å². The second-order valence-electron chi connectivity index (χ2n) is 5.24. The van der Waals surface area contributed by atoms with Crippen molar-refractivity contribution < 1.29 is 19.4 Å². The van der Waals surface area contributed by atoms with Crippen LogP contribution in [0.2, 0.25) is 0 Å². The summed E-state index contributed by atoms with van der Waals surface area (Å²) in [5.41, 5.74) is -1.28. The average molecular weight is 301 g/mol. The summed E-state index contributed by atoms with van der Waals surface area (Å²) in [4.78, 5) is 23.7. The first-order valence-electron chi connectivity index (χ1n) is 7.10. The third-order valence-electron chi connectivity index (χ3n) is 3.32. The highest BCUT2D eigenvalue weighted by Crippen LogP contribution is 2.15. The fourth-order valence-corrected chi connectivity index (χ4v) is 2.04. The Hall–Kier alpha value is -2.40. The van der Waals surface area contributed by atoms with Gasteiger partial charge in [0, 0.05) is 5.56 Å². The molecule has 2 rings (SSSR count). The number of rotatable bonds is 5. The molecule has 0 aromatic heterocycles. The normalized spacial score (nSPS) is 13.4. The summed E-state index contributed by atoms with van der Waals surface area (Å²) in [6.45, 7) is 2.93. The van der Waals surface area contributed by atoms with Crippen molar-refractivity contribution in [2.45, 2.75) is 19.4 Å². The van der Waals surface area contributed by atoms with E-state index in [9.17, 15) is 14.7 Å². The van der Waals surface area contributed by atoms with Crippen LogP contribution in [0.4, 0.5) is 0 Å². The van der Waals surface area contributed by atoms with Gasteiger partial charge >= 0.3 is 5.97 Å². The fourth-order valence-electron chi connectivity index (χ4n) is 2.04. The summed E-state index contributed by atoms with van der Waals surface area (Å²) in [5.74, 6) is -1.11. The minimum absolute atomic E-state index is 0.174. The Kier molecular flexibility index (Phi) is 4.78. The van der Waals surface area contributed by atoms with Gasteiger partial charge in [-0.2, -0.15) is 0 Å². The molecule has 0 aliphatic carbocycles. The van der Waals surface area contributed by atoms with Gasteiger partial charge in [-0.05, 0) is 36.8 Å². The van der Waals surface area contributed by atoms with Crippen molar-refractivity contribution in [3.8, 4) is 0 Å². The maximum Gasteiger partial charge on any atom is 0.339 e. The lowest BCUT2D eigenvalue weighted by Crippen LogP contribution is -2.47. The van der Waals surface area contributed by atoms with Crippen LogP contribution in [0.5, 0.6) is 0 Å². The lowest BCUT2D eigenvalue weighted by molar-refractivity contribution is -0.162. The van der Waals surface area contributed by atoms with E-state index in [2.05, 4.69) is 5.32 Å². The number of benzene rings is 2. The van der Waals surface area contributed by atoms with Gasteiger partial charge in [-0.25, -0.2) is 4.79 Å². The summed E-state index contributed by atoms with van der Waals surface area (Å²) >= 11 is 0. The standard InChI is InChI=1S/C17H19NO4/c1-3-22-16(20)17(2,21)11-18-15(19)14-9-8-12-6-4-5-7-13(12)10-14/h4-10,21H,3,11H2,1-2H3,(H,18,19)/t17-/m1/s1. The van der Waals surface area contributed by atoms with E-state index >= 15 is 0 Å². The van der Waals surface area contributed by atoms with Crippen molar-refractivity contribution in [3.05, 3.63) is 48.0 Å². The fraction of sp³-hybridized carbons (Fsp3) is 0.294. The van der Waals surface area contributed by atoms with E-state index in [-0.39, 0.29) is 19.1 Å². The van der Waals surface area contributed by atoms with Crippen LogP contribution in [0, 0.1) is 0 Å². The number of nitrogens with one attached hydrogen (secondary N) is 1. The zero-order chi connectivity index (χ0) is 16.2. The molecule has 0 unspecified atom stereocenters. The van der Waals surface area contributed by atoms with Crippen LogP contribution in [-0.2, 0) is 9.53 Å². The number of hydrogen-bond acceptors (Lipinski definition) is 4. The van der Waals surface area contributed by atoms with Crippen LogP contribution in [0.15, 0.2) is 42.5 Å². The molecule has 0 aliphatic rings. The third kappa shape index (κ3) is 3.62. The molecule has 0 saturated carbocycles. The summed E-state index contributed by atoms with van der Waals surface area (Å²) in [6, 6.07) is 13.0. The van der Waals surface area contributed by atoms with Crippen molar-refractivity contribution in [1.29, 1.82) is 0 Å². The molecule has 2 N–H and O–H groups in total. The van der Waals surface area contributed by atoms with Crippen LogP contribution < -0.4 is 5.32 Å². The van der Waals surface area contributed by atoms with E-state index in [4.69, 9.17) is 4.74 Å². The molecule has 116 valence electrons. The SMILES string of the molecule is CCOC(=O)[C@](C)(O)CNC(=O)c1ccc2ccccc2c1. The predicted molar refractivity (Wildman–Crippen MR) is 83.5 cm³/mol. The van der Waals surface area contributed by atoms with Gasteiger partial charge in [-0.3, -0.25) is 4.79 Å². The van der Waals surface area contributed by atoms with Gasteiger partial charge in [0.1, 0.15) is 0 Å². The number of esters is 1. The highest BCUT2D eigenvalue weighted by atomic mass is 16.5. The molecule has 2 aromatic carbocycles. The highest BCUT2D eigenvalue weighted by Gasteiger charge is 2.32. The van der Waals surface area contributed by atoms with Crippen molar-refractivity contribution in [2.75, 3.05) is 13.2 Å². The summed E-state index contributed by atoms with van der Waals surface area (Å²) < 4.78 is 4.76. The summed E-state index contributed by atoms with van der Waals surface area (Å²) in [5, 5.41) is 14.5. The molecule has 0 radical (unpaired) electrons. The molecule has 0 heterocycles. The number of aliphatic hydroxyl groups is 1. The maximum absolute atomic E-state index is 12.1. The first-order valence-corrected chi connectivity index (χ1v) is 7.10. The van der Waals surface area contributed by atoms with Crippen molar-refractivity contribution >= 4 is 22.6 Å². The molecule has 5 heteroatoms. The quantitative estimate of drug-likeness (QED) is 0.827. The number of carbonyl (C=O) groups excluding carboxylic acids is 2. The van der Waals surface area contributed by atoms with Gasteiger partial charge in [-0.15, -0.1) is 0 Å². The molecule has 0 fully saturated rings. The van der Waals surface area contributed by atoms with Crippen LogP contribution in [0.25, 0.3) is 10.8 Å². The summed E-state index contributed by atoms with van der Waals surface area (Å²) in [6.07, 6.45) is 0. The number of carbonyl (C=O) groups is 2. The van der Waals surface area contributed by atoms with Crippen molar-refractivity contribution in [1.82, 2.24) is 5.32 Å². The van der Waals surface area contributed by atoms with E-state index < -0.39 is 11.6 Å². The van der Waals surface area contributed by atoms with Crippen LogP contribution >= 0.6 is 0 Å². The van der Waals surface area contributed by atoms with E-state index in [0.717, 1.165) is 10.8 Å². The van der Waals surface area contributed by atoms with Gasteiger partial charge < -0.3 is 15.2 Å². The van der Waals surface area contributed by atoms with Gasteiger partial charge in [0.25, 0.3) is 5.91 Å². The lowest BCUT2D eigenvalue weighted by atomic mass is 10.1. The van der Waals surface area contributed by atoms with E-state index in [0.29, 0.717) is 5.56 Å². The first kappa shape index (κ1) is 16.0. The second kappa shape index (κ2) is 6.58. The highest BCUT2D eigenvalue weighted by molar-refractivity contribution is 5.98. The second-order valence-corrected chi connectivity index (χ2v) is 5.24. The van der Waals surface area contributed by atoms with E-state index in [1.54, 1.807) is 19.1 Å². The molecular weight excluding hydrogens is 282 g/mol. The average Bonchev–Trinajstić information content (AvgIpc) is 2.52. The van der Waals surface area contributed by atoms with Crippen LogP contribution in [-0.4, -0.2) is 35.7 Å². The lowest BCUT2D eigenvalue weighted by Gasteiger charge is -2.21. The topological polar surface area (TPSA) is 75.6 Å². The van der Waals surface area contributed by atoms with Gasteiger partial charge in [-0.1, -0.05) is 30.3 Å². The Morgan fingerprint density at radius 1 is 1.18 bits per heavy atom. The van der Waals surface area contributed by atoms with Gasteiger partial charge in [0.15, 0.2) is 5.60 Å². The minimum Gasteiger partial charge on any atom is -0.464 e. The van der Waals surface area contributed by atoms with Crippen LogP contribution in [0.3, 0.4) is 0 Å². The molecule has 5 nitrogen and oxygen atoms in total. The third-order valence-corrected chi connectivity index (χ3v) is 3.32. The molecule has 2 aromatic rings. The molecule has 0 saturated heterocycles. The molecule has 1 amide bonds. The predicted octanol–water partition coefficient (Wildman–Crippen LogP) is 1.88. The molecule has 0 spiro atoms. The van der Waals surface area contributed by atoms with Gasteiger partial charge in [0.05, 0.1) is 13.2 Å². The number of hydrogen-bond donors (Lipinski definition) is 2. The summed E-state index contributed by atoms with van der Waals surface area (Å²) in [7, 11) is 0. The Morgan fingerprint density at radius 2 is 1.86 bits per heavy atom. The Balaban J connectivity index is 2.06. The molecule has 0 aliphatic heterocycles. The van der Waals surface area contributed by atoms with E-state index in [1.165, 1.54) is 6.92 Å². The van der Waals surface area contributed by atoms with Crippen molar-refractivity contribution in [2.24, 2.45) is 0 Å². The largest absolute Gasteiger partial charge is 0.464 e. The molecule has 22 heavy (non-hydrogen) atoms. The zero-order valence-electron chi connectivity index (χ0n) is 12.6. The first-order chi connectivity index (χ1) is 10.4. The van der Waals surface area contributed by atoms with E-state index in [1.807, 2.05) is 30.3 Å².